The van der Waals surface area contributed by atoms with Crippen LogP contribution in [0.2, 0.25) is 0 Å². The van der Waals surface area contributed by atoms with E-state index in [1.165, 1.54) is 36.4 Å². The van der Waals surface area contributed by atoms with E-state index in [9.17, 15) is 39.6 Å². The maximum Gasteiger partial charge on any atom is 0.336 e. The van der Waals surface area contributed by atoms with Crippen molar-refractivity contribution in [2.45, 2.75) is 19.3 Å². The SMILES string of the molecule is CC(Cc1cccc(C(=O)O)c1C(=O)O)c1cccc(C(=O)O)c1C(=O)O. The highest BCUT2D eigenvalue weighted by Gasteiger charge is 2.25. The van der Waals surface area contributed by atoms with Crippen molar-refractivity contribution in [3.05, 3.63) is 69.8 Å². The summed E-state index contributed by atoms with van der Waals surface area (Å²) in [6.07, 6.45) is 0.0199. The maximum atomic E-state index is 11.6. The van der Waals surface area contributed by atoms with Gasteiger partial charge >= 0.3 is 23.9 Å². The molecule has 2 aromatic rings. The number of carbonyl (C=O) groups is 4. The van der Waals surface area contributed by atoms with Gasteiger partial charge in [-0.05, 0) is 35.6 Å². The van der Waals surface area contributed by atoms with Gasteiger partial charge in [-0.1, -0.05) is 31.2 Å². The molecule has 1 unspecified atom stereocenters. The van der Waals surface area contributed by atoms with Crippen LogP contribution in [0, 0.1) is 0 Å². The van der Waals surface area contributed by atoms with E-state index in [0.29, 0.717) is 0 Å². The van der Waals surface area contributed by atoms with Crippen LogP contribution in [0.25, 0.3) is 0 Å². The zero-order valence-corrected chi connectivity index (χ0v) is 14.2. The quantitative estimate of drug-likeness (QED) is 0.579. The lowest BCUT2D eigenvalue weighted by Gasteiger charge is -2.18. The lowest BCUT2D eigenvalue weighted by atomic mass is 9.86. The van der Waals surface area contributed by atoms with Gasteiger partial charge in [0.2, 0.25) is 0 Å². The lowest BCUT2D eigenvalue weighted by molar-refractivity contribution is 0.0649. The molecule has 27 heavy (non-hydrogen) atoms. The van der Waals surface area contributed by atoms with E-state index in [1.807, 2.05) is 0 Å². The van der Waals surface area contributed by atoms with Crippen LogP contribution in [0.1, 0.15) is 65.4 Å². The molecule has 0 saturated heterocycles. The van der Waals surface area contributed by atoms with Crippen LogP contribution in [0.3, 0.4) is 0 Å². The van der Waals surface area contributed by atoms with E-state index in [2.05, 4.69) is 0 Å². The number of carboxylic acids is 4. The number of hydrogen-bond donors (Lipinski definition) is 4. The minimum Gasteiger partial charge on any atom is -0.478 e. The summed E-state index contributed by atoms with van der Waals surface area (Å²) in [7, 11) is 0. The fourth-order valence-electron chi connectivity index (χ4n) is 3.04. The predicted molar refractivity (Wildman–Crippen MR) is 92.8 cm³/mol. The average Bonchev–Trinajstić information content (AvgIpc) is 2.60. The second-order valence-electron chi connectivity index (χ2n) is 5.94. The average molecular weight is 372 g/mol. The summed E-state index contributed by atoms with van der Waals surface area (Å²) in [4.78, 5) is 45.7. The van der Waals surface area contributed by atoms with Crippen LogP contribution < -0.4 is 0 Å². The molecule has 8 nitrogen and oxygen atoms in total. The van der Waals surface area contributed by atoms with Crippen molar-refractivity contribution < 1.29 is 39.6 Å². The number of benzene rings is 2. The van der Waals surface area contributed by atoms with Gasteiger partial charge in [-0.25, -0.2) is 19.2 Å². The van der Waals surface area contributed by atoms with E-state index in [1.54, 1.807) is 6.92 Å². The normalized spacial score (nSPS) is 11.6. The van der Waals surface area contributed by atoms with Gasteiger partial charge in [0.15, 0.2) is 0 Å². The van der Waals surface area contributed by atoms with Crippen molar-refractivity contribution in [2.24, 2.45) is 0 Å². The molecule has 0 aliphatic rings. The lowest BCUT2D eigenvalue weighted by Crippen LogP contribution is -2.16. The molecule has 4 N–H and O–H groups in total. The highest BCUT2D eigenvalue weighted by Crippen LogP contribution is 2.28. The van der Waals surface area contributed by atoms with E-state index in [0.717, 1.165) is 0 Å². The summed E-state index contributed by atoms with van der Waals surface area (Å²) in [5.74, 6) is -6.17. The topological polar surface area (TPSA) is 149 Å². The molecule has 0 bridgehead atoms. The van der Waals surface area contributed by atoms with Crippen LogP contribution in [-0.4, -0.2) is 44.3 Å². The largest absolute Gasteiger partial charge is 0.478 e. The zero-order chi connectivity index (χ0) is 20.3. The molecule has 0 amide bonds. The van der Waals surface area contributed by atoms with E-state index in [-0.39, 0.29) is 39.8 Å². The van der Waals surface area contributed by atoms with Crippen LogP contribution in [0.15, 0.2) is 36.4 Å². The fourth-order valence-corrected chi connectivity index (χ4v) is 3.04. The molecule has 2 aromatic carbocycles. The fraction of sp³-hybridized carbons (Fsp3) is 0.158. The predicted octanol–water partition coefficient (Wildman–Crippen LogP) is 2.83. The van der Waals surface area contributed by atoms with Crippen LogP contribution in [0.5, 0.6) is 0 Å². The van der Waals surface area contributed by atoms with Crippen molar-refractivity contribution in [1.82, 2.24) is 0 Å². The molecule has 0 saturated carbocycles. The van der Waals surface area contributed by atoms with Gasteiger partial charge in [0, 0.05) is 0 Å². The molecule has 0 radical (unpaired) electrons. The number of carboxylic acid groups (broad SMARTS) is 4. The third kappa shape index (κ3) is 3.95. The maximum absolute atomic E-state index is 11.6. The summed E-state index contributed by atoms with van der Waals surface area (Å²) in [6, 6.07) is 8.08. The Labute approximate surface area is 153 Å². The smallest absolute Gasteiger partial charge is 0.336 e. The Bertz CT molecular complexity index is 945. The third-order valence-electron chi connectivity index (χ3n) is 4.19. The standard InChI is InChI=1S/C19H16O8/c1-9(11-5-3-7-13(17(22)23)15(11)19(26)27)8-10-4-2-6-12(16(20)21)14(10)18(24)25/h2-7,9H,8H2,1H3,(H,20,21)(H,22,23)(H,24,25)(H,26,27). The molecule has 0 aromatic heterocycles. The van der Waals surface area contributed by atoms with Crippen LogP contribution in [-0.2, 0) is 6.42 Å². The monoisotopic (exact) mass is 372 g/mol. The zero-order valence-electron chi connectivity index (χ0n) is 14.2. The molecule has 140 valence electrons. The summed E-state index contributed by atoms with van der Waals surface area (Å²) in [6.45, 7) is 1.62. The molecule has 0 aliphatic heterocycles. The van der Waals surface area contributed by atoms with Gasteiger partial charge in [0.1, 0.15) is 0 Å². The van der Waals surface area contributed by atoms with Gasteiger partial charge in [-0.2, -0.15) is 0 Å². The minimum absolute atomic E-state index is 0.0199. The Morgan fingerprint density at radius 3 is 1.70 bits per heavy atom. The molecule has 0 spiro atoms. The Kier molecular flexibility index (Phi) is 5.60. The van der Waals surface area contributed by atoms with E-state index in [4.69, 9.17) is 0 Å². The second-order valence-corrected chi connectivity index (χ2v) is 5.94. The Morgan fingerprint density at radius 2 is 1.22 bits per heavy atom. The Morgan fingerprint density at radius 1 is 0.741 bits per heavy atom. The third-order valence-corrected chi connectivity index (χ3v) is 4.19. The first-order valence-corrected chi connectivity index (χ1v) is 7.83. The summed E-state index contributed by atoms with van der Waals surface area (Å²) in [5, 5.41) is 37.3. The van der Waals surface area contributed by atoms with Crippen LogP contribution >= 0.6 is 0 Å². The second kappa shape index (κ2) is 7.69. The number of aromatic carboxylic acids is 4. The van der Waals surface area contributed by atoms with Gasteiger partial charge in [-0.3, -0.25) is 0 Å². The first-order chi connectivity index (χ1) is 12.6. The molecule has 1 atom stereocenters. The van der Waals surface area contributed by atoms with Gasteiger partial charge in [-0.15, -0.1) is 0 Å². The highest BCUT2D eigenvalue weighted by molar-refractivity contribution is 6.03. The molecule has 0 fully saturated rings. The summed E-state index contributed by atoms with van der Waals surface area (Å²) < 4.78 is 0. The van der Waals surface area contributed by atoms with Gasteiger partial charge < -0.3 is 20.4 Å². The molecular formula is C19H16O8. The van der Waals surface area contributed by atoms with Crippen molar-refractivity contribution in [3.63, 3.8) is 0 Å². The number of hydrogen-bond acceptors (Lipinski definition) is 4. The summed E-state index contributed by atoms with van der Waals surface area (Å²) in [5.41, 5.74) is -1.05. The molecule has 8 heteroatoms. The van der Waals surface area contributed by atoms with Gasteiger partial charge in [0.25, 0.3) is 0 Å². The first kappa shape index (κ1) is 19.6. The van der Waals surface area contributed by atoms with Gasteiger partial charge in [0.05, 0.1) is 22.3 Å². The molecular weight excluding hydrogens is 356 g/mol. The first-order valence-electron chi connectivity index (χ1n) is 7.83. The van der Waals surface area contributed by atoms with Crippen molar-refractivity contribution in [1.29, 1.82) is 0 Å². The van der Waals surface area contributed by atoms with Crippen molar-refractivity contribution in [3.8, 4) is 0 Å². The molecule has 0 aliphatic carbocycles. The summed E-state index contributed by atoms with van der Waals surface area (Å²) >= 11 is 0. The highest BCUT2D eigenvalue weighted by atomic mass is 16.4. The number of rotatable bonds is 7. The Balaban J connectivity index is 2.55. The minimum atomic E-state index is -1.41. The Hall–Kier alpha value is -3.68. The molecule has 0 heterocycles. The van der Waals surface area contributed by atoms with Crippen LogP contribution in [0.4, 0.5) is 0 Å². The van der Waals surface area contributed by atoms with Crippen molar-refractivity contribution >= 4 is 23.9 Å². The van der Waals surface area contributed by atoms with Crippen molar-refractivity contribution in [2.75, 3.05) is 0 Å². The van der Waals surface area contributed by atoms with E-state index >= 15 is 0 Å². The van der Waals surface area contributed by atoms with E-state index < -0.39 is 29.8 Å². The molecule has 2 rings (SSSR count).